The van der Waals surface area contributed by atoms with Crippen molar-refractivity contribution < 1.29 is 0 Å². The van der Waals surface area contributed by atoms with Crippen LogP contribution in [0.3, 0.4) is 0 Å². The van der Waals surface area contributed by atoms with Crippen molar-refractivity contribution in [1.82, 2.24) is 0 Å². The highest BCUT2D eigenvalue weighted by atomic mass is 32.1. The topological polar surface area (TPSA) is 3.24 Å². The number of hydrogen-bond acceptors (Lipinski definition) is 2. The first-order valence-corrected chi connectivity index (χ1v) is 19.9. The van der Waals surface area contributed by atoms with E-state index < -0.39 is 0 Å². The van der Waals surface area contributed by atoms with Crippen molar-refractivity contribution in [2.75, 3.05) is 4.90 Å². The summed E-state index contributed by atoms with van der Waals surface area (Å²) in [6.07, 6.45) is 0. The molecule has 0 amide bonds. The zero-order valence-electron chi connectivity index (χ0n) is 30.7. The first kappa shape index (κ1) is 33.6. The number of rotatable bonds is 8. The molecule has 0 aliphatic carbocycles. The molecule has 0 atom stereocenters. The fraction of sp³-hybridized carbons (Fsp3) is 0. The van der Waals surface area contributed by atoms with Crippen molar-refractivity contribution in [3.63, 3.8) is 0 Å². The Kier molecular flexibility index (Phi) is 8.79. The standard InChI is InChI=1S/C54H37NS/c1-4-17-38(18-5-1)39-31-33-42(34-32-39)45-24-12-14-28-50(45)55(43-35-36-48-47-25-13-15-30-52(47)56-53(48)37-43)51-29-16-27-46(41-21-8-3-9-22-41)54(51)49-26-11-10-23-44(49)40-19-6-2-7-20-40/h1-37H. The van der Waals surface area contributed by atoms with Gasteiger partial charge in [0.15, 0.2) is 0 Å². The molecule has 9 aromatic carbocycles. The molecule has 0 radical (unpaired) electrons. The van der Waals surface area contributed by atoms with Gasteiger partial charge in [0.2, 0.25) is 0 Å². The summed E-state index contributed by atoms with van der Waals surface area (Å²) in [5.41, 5.74) is 15.2. The third-order valence-corrected chi connectivity index (χ3v) is 11.9. The highest BCUT2D eigenvalue weighted by Gasteiger charge is 2.25. The van der Waals surface area contributed by atoms with Gasteiger partial charge >= 0.3 is 0 Å². The molecule has 264 valence electrons. The average Bonchev–Trinajstić information content (AvgIpc) is 3.66. The molecule has 0 bridgehead atoms. The van der Waals surface area contributed by atoms with Gasteiger partial charge in [0, 0.05) is 37.0 Å². The highest BCUT2D eigenvalue weighted by molar-refractivity contribution is 7.25. The summed E-state index contributed by atoms with van der Waals surface area (Å²) in [6.45, 7) is 0. The summed E-state index contributed by atoms with van der Waals surface area (Å²) in [7, 11) is 0. The van der Waals surface area contributed by atoms with Crippen LogP contribution in [-0.4, -0.2) is 0 Å². The highest BCUT2D eigenvalue weighted by Crippen LogP contribution is 2.50. The Morgan fingerprint density at radius 3 is 1.50 bits per heavy atom. The summed E-state index contributed by atoms with van der Waals surface area (Å²) in [4.78, 5) is 2.49. The molecule has 1 aromatic heterocycles. The Morgan fingerprint density at radius 2 is 0.768 bits per heavy atom. The van der Waals surface area contributed by atoms with Crippen LogP contribution in [0.25, 0.3) is 75.8 Å². The second-order valence-corrected chi connectivity index (χ2v) is 15.1. The van der Waals surface area contributed by atoms with E-state index in [0.717, 1.165) is 22.6 Å². The molecule has 0 aliphatic rings. The molecule has 10 rings (SSSR count). The van der Waals surface area contributed by atoms with Crippen molar-refractivity contribution in [2.24, 2.45) is 0 Å². The minimum atomic E-state index is 1.11. The van der Waals surface area contributed by atoms with Gasteiger partial charge in [-0.1, -0.05) is 194 Å². The van der Waals surface area contributed by atoms with Gasteiger partial charge in [-0.25, -0.2) is 0 Å². The molecule has 0 saturated heterocycles. The monoisotopic (exact) mass is 731 g/mol. The second-order valence-electron chi connectivity index (χ2n) is 14.1. The predicted octanol–water partition coefficient (Wildman–Crippen LogP) is 15.9. The average molecular weight is 732 g/mol. The van der Waals surface area contributed by atoms with Crippen molar-refractivity contribution in [3.05, 3.63) is 224 Å². The summed E-state index contributed by atoms with van der Waals surface area (Å²) in [5.74, 6) is 0. The maximum Gasteiger partial charge on any atom is 0.0546 e. The third kappa shape index (κ3) is 6.17. The SMILES string of the molecule is c1ccc(-c2ccc(-c3ccccc3N(c3ccc4c(c3)sc3ccccc34)c3cccc(-c4ccccc4)c3-c3ccccc3-c3ccccc3)cc2)cc1. The molecule has 56 heavy (non-hydrogen) atoms. The predicted molar refractivity (Wildman–Crippen MR) is 241 cm³/mol. The van der Waals surface area contributed by atoms with E-state index >= 15 is 0 Å². The van der Waals surface area contributed by atoms with Gasteiger partial charge in [-0.3, -0.25) is 0 Å². The number of nitrogens with zero attached hydrogens (tertiary/aromatic N) is 1. The number of fused-ring (bicyclic) bond motifs is 3. The summed E-state index contributed by atoms with van der Waals surface area (Å²) in [5, 5.41) is 2.58. The molecule has 0 saturated carbocycles. The lowest BCUT2D eigenvalue weighted by molar-refractivity contribution is 1.29. The van der Waals surface area contributed by atoms with Crippen LogP contribution in [0.4, 0.5) is 17.1 Å². The molecule has 0 fully saturated rings. The van der Waals surface area contributed by atoms with Crippen LogP contribution in [0, 0.1) is 0 Å². The lowest BCUT2D eigenvalue weighted by Crippen LogP contribution is -2.13. The smallest absolute Gasteiger partial charge is 0.0546 e. The Hall–Kier alpha value is -7.00. The molecule has 0 N–H and O–H groups in total. The molecule has 10 aromatic rings. The van der Waals surface area contributed by atoms with Gasteiger partial charge in [-0.05, 0) is 74.8 Å². The van der Waals surface area contributed by atoms with Crippen LogP contribution in [-0.2, 0) is 0 Å². The number of hydrogen-bond donors (Lipinski definition) is 0. The van der Waals surface area contributed by atoms with E-state index in [1.54, 1.807) is 0 Å². The van der Waals surface area contributed by atoms with Gasteiger partial charge in [0.1, 0.15) is 0 Å². The largest absolute Gasteiger partial charge is 0.309 e. The van der Waals surface area contributed by atoms with E-state index in [4.69, 9.17) is 0 Å². The molecule has 1 nitrogen and oxygen atoms in total. The van der Waals surface area contributed by atoms with Crippen molar-refractivity contribution >= 4 is 48.6 Å². The Morgan fingerprint density at radius 1 is 0.286 bits per heavy atom. The summed E-state index contributed by atoms with van der Waals surface area (Å²) >= 11 is 1.86. The quantitative estimate of drug-likeness (QED) is 0.150. The minimum Gasteiger partial charge on any atom is -0.309 e. The van der Waals surface area contributed by atoms with Crippen LogP contribution < -0.4 is 4.90 Å². The first-order chi connectivity index (χ1) is 27.8. The van der Waals surface area contributed by atoms with E-state index in [2.05, 4.69) is 229 Å². The lowest BCUT2D eigenvalue weighted by atomic mass is 9.87. The number of para-hydroxylation sites is 1. The van der Waals surface area contributed by atoms with Gasteiger partial charge in [-0.2, -0.15) is 0 Å². The van der Waals surface area contributed by atoms with Gasteiger partial charge in [0.25, 0.3) is 0 Å². The van der Waals surface area contributed by atoms with E-state index in [1.807, 2.05) is 11.3 Å². The molecule has 0 spiro atoms. The number of benzene rings is 9. The van der Waals surface area contributed by atoms with E-state index in [1.165, 1.54) is 70.2 Å². The molecule has 0 aliphatic heterocycles. The Balaban J connectivity index is 1.25. The van der Waals surface area contributed by atoms with Crippen LogP contribution in [0.2, 0.25) is 0 Å². The fourth-order valence-electron chi connectivity index (χ4n) is 8.09. The zero-order chi connectivity index (χ0) is 37.3. The maximum atomic E-state index is 2.49. The van der Waals surface area contributed by atoms with Gasteiger partial charge in [-0.15, -0.1) is 11.3 Å². The molecular weight excluding hydrogens is 695 g/mol. The normalized spacial score (nSPS) is 11.2. The summed E-state index contributed by atoms with van der Waals surface area (Å²) < 4.78 is 2.57. The van der Waals surface area contributed by atoms with Crippen LogP contribution >= 0.6 is 11.3 Å². The van der Waals surface area contributed by atoms with Crippen LogP contribution in [0.1, 0.15) is 0 Å². The van der Waals surface area contributed by atoms with E-state index in [-0.39, 0.29) is 0 Å². The van der Waals surface area contributed by atoms with E-state index in [9.17, 15) is 0 Å². The summed E-state index contributed by atoms with van der Waals surface area (Å²) in [6, 6.07) is 81.5. The van der Waals surface area contributed by atoms with Crippen LogP contribution in [0.5, 0.6) is 0 Å². The first-order valence-electron chi connectivity index (χ1n) is 19.1. The van der Waals surface area contributed by atoms with Crippen LogP contribution in [0.15, 0.2) is 224 Å². The second kappa shape index (κ2) is 14.7. The molecule has 2 heteroatoms. The molecule has 1 heterocycles. The fourth-order valence-corrected chi connectivity index (χ4v) is 9.22. The van der Waals surface area contributed by atoms with E-state index in [0.29, 0.717) is 0 Å². The van der Waals surface area contributed by atoms with Crippen molar-refractivity contribution in [1.29, 1.82) is 0 Å². The van der Waals surface area contributed by atoms with Gasteiger partial charge in [0.05, 0.1) is 11.4 Å². The minimum absolute atomic E-state index is 1.11. The van der Waals surface area contributed by atoms with Crippen molar-refractivity contribution in [2.45, 2.75) is 0 Å². The van der Waals surface area contributed by atoms with Crippen molar-refractivity contribution in [3.8, 4) is 55.6 Å². The molecule has 0 unspecified atom stereocenters. The Bertz CT molecular complexity index is 2950. The third-order valence-electron chi connectivity index (χ3n) is 10.7. The Labute approximate surface area is 332 Å². The van der Waals surface area contributed by atoms with Gasteiger partial charge < -0.3 is 4.90 Å². The number of anilines is 3. The number of thiophene rings is 1. The lowest BCUT2D eigenvalue weighted by Gasteiger charge is -2.31. The molecular formula is C54H37NS. The maximum absolute atomic E-state index is 2.49. The zero-order valence-corrected chi connectivity index (χ0v) is 31.5.